The number of nitrogens with zero attached hydrogens (tertiary/aromatic N) is 1. The third-order valence-corrected chi connectivity index (χ3v) is 5.20. The summed E-state index contributed by atoms with van der Waals surface area (Å²) in [6.07, 6.45) is 13.1. The van der Waals surface area contributed by atoms with E-state index in [1.54, 1.807) is 0 Å². The van der Waals surface area contributed by atoms with Gasteiger partial charge in [0, 0.05) is 17.9 Å². The standard InChI is InChI=1S/C28H33NO/c1-4-6-7-8-22-29(25-15-10-23(3)11-16-25)26-17-12-24(13-18-26)14-19-28-21-20-27(30-28)9-5-2/h5,9-21H,4,6-8,22H2,1-3H3. The van der Waals surface area contributed by atoms with Gasteiger partial charge in [0.15, 0.2) is 0 Å². The molecule has 0 aliphatic rings. The summed E-state index contributed by atoms with van der Waals surface area (Å²) in [7, 11) is 0. The Balaban J connectivity index is 1.73. The molecule has 0 fully saturated rings. The first kappa shape index (κ1) is 21.7. The Morgan fingerprint density at radius 2 is 1.37 bits per heavy atom. The van der Waals surface area contributed by atoms with Crippen LogP contribution >= 0.6 is 0 Å². The summed E-state index contributed by atoms with van der Waals surface area (Å²) in [5, 5.41) is 0. The van der Waals surface area contributed by atoms with Gasteiger partial charge in [-0.15, -0.1) is 0 Å². The number of aryl methyl sites for hydroxylation is 1. The summed E-state index contributed by atoms with van der Waals surface area (Å²) in [4.78, 5) is 2.43. The molecule has 0 atom stereocenters. The van der Waals surface area contributed by atoms with Crippen LogP contribution in [0.3, 0.4) is 0 Å². The first-order valence-electron chi connectivity index (χ1n) is 11.0. The number of hydrogen-bond donors (Lipinski definition) is 0. The van der Waals surface area contributed by atoms with Crippen LogP contribution in [0, 0.1) is 6.92 Å². The van der Waals surface area contributed by atoms with Gasteiger partial charge in [0.2, 0.25) is 0 Å². The maximum absolute atomic E-state index is 5.76. The van der Waals surface area contributed by atoms with Crippen LogP contribution in [0.4, 0.5) is 11.4 Å². The summed E-state index contributed by atoms with van der Waals surface area (Å²) in [6, 6.07) is 21.6. The summed E-state index contributed by atoms with van der Waals surface area (Å²) < 4.78 is 5.76. The zero-order valence-corrected chi connectivity index (χ0v) is 18.5. The fraction of sp³-hybridized carbons (Fsp3) is 0.286. The van der Waals surface area contributed by atoms with Gasteiger partial charge in [0.05, 0.1) is 0 Å². The van der Waals surface area contributed by atoms with Crippen molar-refractivity contribution >= 4 is 29.6 Å². The van der Waals surface area contributed by atoms with E-state index < -0.39 is 0 Å². The van der Waals surface area contributed by atoms with E-state index in [0.29, 0.717) is 0 Å². The number of hydrogen-bond acceptors (Lipinski definition) is 2. The van der Waals surface area contributed by atoms with Gasteiger partial charge in [0.1, 0.15) is 11.5 Å². The number of unbranched alkanes of at least 4 members (excludes halogenated alkanes) is 3. The molecule has 30 heavy (non-hydrogen) atoms. The highest BCUT2D eigenvalue weighted by molar-refractivity contribution is 5.70. The van der Waals surface area contributed by atoms with Crippen LogP contribution in [0.5, 0.6) is 0 Å². The molecular formula is C28H33NO. The van der Waals surface area contributed by atoms with E-state index in [1.807, 2.05) is 37.3 Å². The Labute approximate surface area is 181 Å². The van der Waals surface area contributed by atoms with Crippen LogP contribution in [0.1, 0.15) is 62.2 Å². The Morgan fingerprint density at radius 1 is 0.733 bits per heavy atom. The quantitative estimate of drug-likeness (QED) is 0.318. The maximum Gasteiger partial charge on any atom is 0.127 e. The molecule has 0 bridgehead atoms. The van der Waals surface area contributed by atoms with Gasteiger partial charge in [-0.1, -0.05) is 68.2 Å². The number of allylic oxidation sites excluding steroid dienone is 1. The third-order valence-electron chi connectivity index (χ3n) is 5.20. The molecule has 0 saturated carbocycles. The molecule has 2 aromatic carbocycles. The first-order chi connectivity index (χ1) is 14.7. The molecule has 0 amide bonds. The molecule has 0 aliphatic carbocycles. The molecule has 0 spiro atoms. The molecule has 3 rings (SSSR count). The summed E-state index contributed by atoms with van der Waals surface area (Å²) in [5.74, 6) is 1.74. The second-order valence-corrected chi connectivity index (χ2v) is 7.71. The lowest BCUT2D eigenvalue weighted by molar-refractivity contribution is 0.547. The highest BCUT2D eigenvalue weighted by Crippen LogP contribution is 2.27. The summed E-state index contributed by atoms with van der Waals surface area (Å²) in [6.45, 7) is 7.42. The Morgan fingerprint density at radius 3 is 2.00 bits per heavy atom. The van der Waals surface area contributed by atoms with Crippen molar-refractivity contribution in [3.8, 4) is 0 Å². The molecule has 3 aromatic rings. The zero-order valence-electron chi connectivity index (χ0n) is 18.5. The molecule has 0 radical (unpaired) electrons. The molecule has 1 heterocycles. The van der Waals surface area contributed by atoms with Crippen LogP contribution in [0.15, 0.2) is 71.2 Å². The van der Waals surface area contributed by atoms with Crippen LogP contribution in [-0.2, 0) is 0 Å². The lowest BCUT2D eigenvalue weighted by Gasteiger charge is -2.25. The second-order valence-electron chi connectivity index (χ2n) is 7.71. The van der Waals surface area contributed by atoms with Crippen molar-refractivity contribution in [2.24, 2.45) is 0 Å². The van der Waals surface area contributed by atoms with E-state index in [9.17, 15) is 0 Å². The molecule has 0 saturated heterocycles. The van der Waals surface area contributed by atoms with Crippen molar-refractivity contribution in [3.05, 3.63) is 89.4 Å². The third kappa shape index (κ3) is 6.25. The van der Waals surface area contributed by atoms with Gasteiger partial charge in [0.25, 0.3) is 0 Å². The average Bonchev–Trinajstić information content (AvgIpc) is 3.22. The van der Waals surface area contributed by atoms with E-state index in [4.69, 9.17) is 4.42 Å². The van der Waals surface area contributed by atoms with Crippen molar-refractivity contribution in [1.29, 1.82) is 0 Å². The Hall–Kier alpha value is -3.00. The molecule has 156 valence electrons. The normalized spacial score (nSPS) is 11.6. The minimum absolute atomic E-state index is 0.865. The largest absolute Gasteiger partial charge is 0.457 e. The van der Waals surface area contributed by atoms with Crippen molar-refractivity contribution in [1.82, 2.24) is 0 Å². The van der Waals surface area contributed by atoms with Crippen LogP contribution in [0.2, 0.25) is 0 Å². The fourth-order valence-electron chi connectivity index (χ4n) is 3.48. The monoisotopic (exact) mass is 399 g/mol. The van der Waals surface area contributed by atoms with Gasteiger partial charge in [-0.2, -0.15) is 0 Å². The maximum atomic E-state index is 5.76. The van der Waals surface area contributed by atoms with Gasteiger partial charge < -0.3 is 9.32 Å². The minimum Gasteiger partial charge on any atom is -0.457 e. The SMILES string of the molecule is CC=Cc1ccc(C=Cc2ccc(N(CCCCCC)c3ccc(C)cc3)cc2)o1. The predicted molar refractivity (Wildman–Crippen MR) is 131 cm³/mol. The Kier molecular flexibility index (Phi) is 8.14. The lowest BCUT2D eigenvalue weighted by atomic mass is 10.1. The highest BCUT2D eigenvalue weighted by atomic mass is 16.3. The van der Waals surface area contributed by atoms with Crippen molar-refractivity contribution in [3.63, 3.8) is 0 Å². The number of furan rings is 1. The number of benzene rings is 2. The number of anilines is 2. The predicted octanol–water partition coefficient (Wildman–Crippen LogP) is 8.51. The van der Waals surface area contributed by atoms with Gasteiger partial charge in [-0.05, 0) is 74.4 Å². The second kappa shape index (κ2) is 11.3. The van der Waals surface area contributed by atoms with Crippen LogP contribution in [-0.4, -0.2) is 6.54 Å². The van der Waals surface area contributed by atoms with E-state index in [1.165, 1.54) is 42.6 Å². The van der Waals surface area contributed by atoms with E-state index in [0.717, 1.165) is 23.6 Å². The van der Waals surface area contributed by atoms with Gasteiger partial charge in [-0.25, -0.2) is 0 Å². The first-order valence-corrected chi connectivity index (χ1v) is 11.0. The Bertz CT molecular complexity index is 945. The molecule has 1 aromatic heterocycles. The molecule has 0 N–H and O–H groups in total. The topological polar surface area (TPSA) is 16.4 Å². The zero-order chi connectivity index (χ0) is 21.2. The molecular weight excluding hydrogens is 366 g/mol. The van der Waals surface area contributed by atoms with Crippen LogP contribution in [0.25, 0.3) is 18.2 Å². The van der Waals surface area contributed by atoms with E-state index in [-0.39, 0.29) is 0 Å². The van der Waals surface area contributed by atoms with E-state index in [2.05, 4.69) is 73.4 Å². The number of rotatable bonds is 10. The van der Waals surface area contributed by atoms with E-state index >= 15 is 0 Å². The van der Waals surface area contributed by atoms with Crippen molar-refractivity contribution in [2.75, 3.05) is 11.4 Å². The average molecular weight is 400 g/mol. The molecule has 2 heteroatoms. The lowest BCUT2D eigenvalue weighted by Crippen LogP contribution is -2.18. The molecule has 2 nitrogen and oxygen atoms in total. The summed E-state index contributed by atoms with van der Waals surface area (Å²) >= 11 is 0. The highest BCUT2D eigenvalue weighted by Gasteiger charge is 2.09. The molecule has 0 aliphatic heterocycles. The van der Waals surface area contributed by atoms with Crippen LogP contribution < -0.4 is 4.90 Å². The fourth-order valence-corrected chi connectivity index (χ4v) is 3.48. The summed E-state index contributed by atoms with van der Waals surface area (Å²) in [5.41, 5.74) is 4.95. The smallest absolute Gasteiger partial charge is 0.127 e. The minimum atomic E-state index is 0.865. The van der Waals surface area contributed by atoms with Crippen molar-refractivity contribution in [2.45, 2.75) is 46.5 Å². The van der Waals surface area contributed by atoms with Crippen molar-refractivity contribution < 1.29 is 4.42 Å². The van der Waals surface area contributed by atoms with Gasteiger partial charge in [-0.3, -0.25) is 0 Å². The molecule has 0 unspecified atom stereocenters. The van der Waals surface area contributed by atoms with Gasteiger partial charge >= 0.3 is 0 Å².